The summed E-state index contributed by atoms with van der Waals surface area (Å²) in [5.41, 5.74) is 0.618. The standard InChI is InChI=1S/C10H7BrO2S/c1-13-9-4-8(11)10-6(2-3-14-10)7(9)5-12/h2-5H,1H3. The van der Waals surface area contributed by atoms with Crippen LogP contribution in [0.5, 0.6) is 5.75 Å². The topological polar surface area (TPSA) is 26.3 Å². The molecule has 0 saturated heterocycles. The van der Waals surface area contributed by atoms with Gasteiger partial charge in [0.05, 0.1) is 12.7 Å². The highest BCUT2D eigenvalue weighted by Gasteiger charge is 2.11. The number of thiophene rings is 1. The summed E-state index contributed by atoms with van der Waals surface area (Å²) in [6, 6.07) is 3.75. The Kier molecular flexibility index (Phi) is 2.56. The molecule has 0 unspecified atom stereocenters. The van der Waals surface area contributed by atoms with Crippen molar-refractivity contribution in [2.75, 3.05) is 7.11 Å². The van der Waals surface area contributed by atoms with Crippen LogP contribution >= 0.6 is 27.3 Å². The van der Waals surface area contributed by atoms with Crippen molar-refractivity contribution in [1.29, 1.82) is 0 Å². The average Bonchev–Trinajstić information content (AvgIpc) is 2.66. The number of methoxy groups -OCH3 is 1. The number of benzene rings is 1. The number of halogens is 1. The van der Waals surface area contributed by atoms with Gasteiger partial charge in [0.2, 0.25) is 0 Å². The van der Waals surface area contributed by atoms with Crippen LogP contribution in [0.25, 0.3) is 10.1 Å². The molecule has 1 heterocycles. The van der Waals surface area contributed by atoms with Gasteiger partial charge in [0.25, 0.3) is 0 Å². The molecule has 0 aliphatic carbocycles. The largest absolute Gasteiger partial charge is 0.496 e. The van der Waals surface area contributed by atoms with Crippen molar-refractivity contribution >= 4 is 43.6 Å². The van der Waals surface area contributed by atoms with E-state index in [9.17, 15) is 4.79 Å². The van der Waals surface area contributed by atoms with Gasteiger partial charge < -0.3 is 4.74 Å². The van der Waals surface area contributed by atoms with Crippen LogP contribution in [0.3, 0.4) is 0 Å². The molecule has 0 saturated carbocycles. The van der Waals surface area contributed by atoms with Crippen LogP contribution in [0.15, 0.2) is 22.0 Å². The Labute approximate surface area is 93.6 Å². The van der Waals surface area contributed by atoms with Crippen molar-refractivity contribution < 1.29 is 9.53 Å². The molecule has 0 atom stereocenters. The van der Waals surface area contributed by atoms with Gasteiger partial charge in [0.15, 0.2) is 6.29 Å². The van der Waals surface area contributed by atoms with Gasteiger partial charge in [0, 0.05) is 14.6 Å². The first-order chi connectivity index (χ1) is 6.77. The van der Waals surface area contributed by atoms with Crippen LogP contribution in [-0.4, -0.2) is 13.4 Å². The van der Waals surface area contributed by atoms with E-state index < -0.39 is 0 Å². The van der Waals surface area contributed by atoms with Crippen molar-refractivity contribution in [1.82, 2.24) is 0 Å². The number of fused-ring (bicyclic) bond motifs is 1. The molecule has 2 aromatic rings. The van der Waals surface area contributed by atoms with E-state index >= 15 is 0 Å². The van der Waals surface area contributed by atoms with E-state index in [0.29, 0.717) is 11.3 Å². The molecular formula is C10H7BrO2S. The molecule has 0 N–H and O–H groups in total. The first-order valence-corrected chi connectivity index (χ1v) is 5.64. The van der Waals surface area contributed by atoms with Crippen LogP contribution in [0.4, 0.5) is 0 Å². The maximum atomic E-state index is 10.9. The van der Waals surface area contributed by atoms with E-state index in [1.165, 1.54) is 0 Å². The van der Waals surface area contributed by atoms with Gasteiger partial charge in [-0.3, -0.25) is 4.79 Å². The Hall–Kier alpha value is -0.870. The fraction of sp³-hybridized carbons (Fsp3) is 0.100. The second-order valence-corrected chi connectivity index (χ2v) is 4.53. The lowest BCUT2D eigenvalue weighted by Crippen LogP contribution is -1.90. The minimum atomic E-state index is 0.609. The van der Waals surface area contributed by atoms with Crippen molar-refractivity contribution in [3.8, 4) is 5.75 Å². The summed E-state index contributed by atoms with van der Waals surface area (Å²) < 4.78 is 7.18. The van der Waals surface area contributed by atoms with Gasteiger partial charge in [0.1, 0.15) is 5.75 Å². The number of hydrogen-bond acceptors (Lipinski definition) is 3. The quantitative estimate of drug-likeness (QED) is 0.781. The summed E-state index contributed by atoms with van der Waals surface area (Å²) in [7, 11) is 1.56. The predicted molar refractivity (Wildman–Crippen MR) is 61.5 cm³/mol. The maximum absolute atomic E-state index is 10.9. The molecule has 2 nitrogen and oxygen atoms in total. The number of hydrogen-bond donors (Lipinski definition) is 0. The van der Waals surface area contributed by atoms with Crippen molar-refractivity contribution in [3.05, 3.63) is 27.5 Å². The van der Waals surface area contributed by atoms with E-state index in [0.717, 1.165) is 20.8 Å². The second kappa shape index (κ2) is 3.71. The Morgan fingerprint density at radius 1 is 1.57 bits per heavy atom. The molecule has 1 aromatic carbocycles. The zero-order valence-corrected chi connectivity index (χ0v) is 9.81. The van der Waals surface area contributed by atoms with E-state index in [1.807, 2.05) is 17.5 Å². The molecule has 0 bridgehead atoms. The molecule has 14 heavy (non-hydrogen) atoms. The van der Waals surface area contributed by atoms with Gasteiger partial charge in [-0.25, -0.2) is 0 Å². The lowest BCUT2D eigenvalue weighted by atomic mass is 10.1. The van der Waals surface area contributed by atoms with Gasteiger partial charge >= 0.3 is 0 Å². The Balaban J connectivity index is 2.88. The van der Waals surface area contributed by atoms with Crippen LogP contribution in [-0.2, 0) is 0 Å². The highest BCUT2D eigenvalue weighted by Crippen LogP contribution is 2.36. The number of rotatable bonds is 2. The summed E-state index contributed by atoms with van der Waals surface area (Å²) >= 11 is 5.05. The third-order valence-corrected chi connectivity index (χ3v) is 3.87. The summed E-state index contributed by atoms with van der Waals surface area (Å²) in [4.78, 5) is 10.9. The molecule has 0 radical (unpaired) electrons. The van der Waals surface area contributed by atoms with E-state index in [-0.39, 0.29) is 0 Å². The number of ether oxygens (including phenoxy) is 1. The summed E-state index contributed by atoms with van der Waals surface area (Å²) in [6.45, 7) is 0. The third-order valence-electron chi connectivity index (χ3n) is 2.03. The molecule has 0 aliphatic heterocycles. The van der Waals surface area contributed by atoms with Crippen molar-refractivity contribution in [3.63, 3.8) is 0 Å². The highest BCUT2D eigenvalue weighted by atomic mass is 79.9. The predicted octanol–water partition coefficient (Wildman–Crippen LogP) is 3.48. The van der Waals surface area contributed by atoms with Crippen LogP contribution in [0.2, 0.25) is 0 Å². The molecule has 72 valence electrons. The van der Waals surface area contributed by atoms with Crippen LogP contribution < -0.4 is 4.74 Å². The van der Waals surface area contributed by atoms with E-state index in [4.69, 9.17) is 4.74 Å². The van der Waals surface area contributed by atoms with E-state index in [1.54, 1.807) is 18.4 Å². The zero-order chi connectivity index (χ0) is 10.1. The molecule has 0 fully saturated rings. The maximum Gasteiger partial charge on any atom is 0.154 e. The molecule has 0 amide bonds. The van der Waals surface area contributed by atoms with Gasteiger partial charge in [-0.1, -0.05) is 0 Å². The first-order valence-electron chi connectivity index (χ1n) is 3.96. The number of carbonyl (C=O) groups is 1. The molecule has 4 heteroatoms. The second-order valence-electron chi connectivity index (χ2n) is 2.76. The minimum Gasteiger partial charge on any atom is -0.496 e. The lowest BCUT2D eigenvalue weighted by Gasteiger charge is -2.05. The lowest BCUT2D eigenvalue weighted by molar-refractivity contribution is 0.112. The number of aldehydes is 1. The van der Waals surface area contributed by atoms with Crippen LogP contribution in [0.1, 0.15) is 10.4 Å². The first kappa shape index (κ1) is 9.68. The molecule has 1 aromatic heterocycles. The molecular weight excluding hydrogens is 264 g/mol. The fourth-order valence-electron chi connectivity index (χ4n) is 1.39. The fourth-order valence-corrected chi connectivity index (χ4v) is 2.91. The van der Waals surface area contributed by atoms with Gasteiger partial charge in [-0.15, -0.1) is 11.3 Å². The highest BCUT2D eigenvalue weighted by molar-refractivity contribution is 9.10. The Morgan fingerprint density at radius 3 is 3.00 bits per heavy atom. The smallest absolute Gasteiger partial charge is 0.154 e. The zero-order valence-electron chi connectivity index (χ0n) is 7.41. The van der Waals surface area contributed by atoms with Crippen molar-refractivity contribution in [2.24, 2.45) is 0 Å². The summed E-state index contributed by atoms with van der Waals surface area (Å²) in [5.74, 6) is 0.609. The molecule has 2 rings (SSSR count). The Morgan fingerprint density at radius 2 is 2.36 bits per heavy atom. The molecule has 0 spiro atoms. The van der Waals surface area contributed by atoms with Crippen molar-refractivity contribution in [2.45, 2.75) is 0 Å². The minimum absolute atomic E-state index is 0.609. The van der Waals surface area contributed by atoms with Gasteiger partial charge in [-0.05, 0) is 33.4 Å². The summed E-state index contributed by atoms with van der Waals surface area (Å²) in [6.07, 6.45) is 0.834. The SMILES string of the molecule is COc1cc(Br)c2sccc2c1C=O. The third kappa shape index (κ3) is 1.35. The normalized spacial score (nSPS) is 10.4. The van der Waals surface area contributed by atoms with E-state index in [2.05, 4.69) is 15.9 Å². The molecule has 0 aliphatic rings. The average molecular weight is 271 g/mol. The van der Waals surface area contributed by atoms with Gasteiger partial charge in [-0.2, -0.15) is 0 Å². The number of carbonyl (C=O) groups excluding carboxylic acids is 1. The summed E-state index contributed by atoms with van der Waals surface area (Å²) in [5, 5.41) is 2.90. The van der Waals surface area contributed by atoms with Crippen LogP contribution in [0, 0.1) is 0 Å². The Bertz CT molecular complexity index is 490. The monoisotopic (exact) mass is 270 g/mol.